The molecule has 2 saturated heterocycles. The molecule has 0 aromatic heterocycles. The SMILES string of the molecule is N[C@@H]1CCN2CCCC1C2.[CH2]. The quantitative estimate of drug-likeness (QED) is 0.558. The van der Waals surface area contributed by atoms with Crippen molar-refractivity contribution in [3.05, 3.63) is 7.43 Å². The van der Waals surface area contributed by atoms with Gasteiger partial charge in [0, 0.05) is 12.6 Å². The Morgan fingerprint density at radius 2 is 2.00 bits per heavy atom. The fourth-order valence-corrected chi connectivity index (χ4v) is 2.21. The third-order valence-corrected chi connectivity index (χ3v) is 2.93. The molecular weight excluding hydrogens is 136 g/mol. The topological polar surface area (TPSA) is 29.3 Å². The van der Waals surface area contributed by atoms with Gasteiger partial charge in [0.05, 0.1) is 0 Å². The highest BCUT2D eigenvalue weighted by Crippen LogP contribution is 2.24. The Morgan fingerprint density at radius 3 is 2.73 bits per heavy atom. The van der Waals surface area contributed by atoms with Crippen LogP contribution in [0.25, 0.3) is 0 Å². The molecule has 2 unspecified atom stereocenters. The lowest BCUT2D eigenvalue weighted by Crippen LogP contribution is -2.50. The smallest absolute Gasteiger partial charge is 0.00915 e. The molecule has 2 rings (SSSR count). The first kappa shape index (κ1) is 9.01. The van der Waals surface area contributed by atoms with E-state index < -0.39 is 0 Å². The molecule has 0 aromatic rings. The number of fused-ring (bicyclic) bond motifs is 2. The van der Waals surface area contributed by atoms with E-state index in [0.717, 1.165) is 5.92 Å². The largest absolute Gasteiger partial charge is 0.327 e. The Balaban J connectivity index is 0.000000605. The van der Waals surface area contributed by atoms with Crippen LogP contribution < -0.4 is 5.73 Å². The summed E-state index contributed by atoms with van der Waals surface area (Å²) in [6.45, 7) is 3.85. The zero-order valence-electron chi connectivity index (χ0n) is 7.13. The Kier molecular flexibility index (Phi) is 2.90. The van der Waals surface area contributed by atoms with Gasteiger partial charge in [0.15, 0.2) is 0 Å². The standard InChI is InChI=1S/C8H16N2.CH2/c9-8-3-5-10-4-1-2-7(8)6-10;/h7-8H,1-6,9H2;1H2/t7?,8-;/m1./s1. The molecule has 0 amide bonds. The van der Waals surface area contributed by atoms with Gasteiger partial charge in [-0.2, -0.15) is 0 Å². The Morgan fingerprint density at radius 1 is 1.18 bits per heavy atom. The summed E-state index contributed by atoms with van der Waals surface area (Å²) >= 11 is 0. The van der Waals surface area contributed by atoms with Crippen molar-refractivity contribution >= 4 is 0 Å². The Hall–Kier alpha value is -0.0800. The van der Waals surface area contributed by atoms with Crippen LogP contribution in [0.3, 0.4) is 0 Å². The second-order valence-electron chi connectivity index (χ2n) is 3.66. The number of rotatable bonds is 0. The summed E-state index contributed by atoms with van der Waals surface area (Å²) in [5.41, 5.74) is 5.96. The van der Waals surface area contributed by atoms with Crippen LogP contribution in [0.1, 0.15) is 19.3 Å². The third-order valence-electron chi connectivity index (χ3n) is 2.93. The lowest BCUT2D eigenvalue weighted by atomic mass is 9.86. The highest BCUT2D eigenvalue weighted by atomic mass is 15.1. The molecule has 0 aliphatic carbocycles. The number of nitrogens with zero attached hydrogens (tertiary/aromatic N) is 1. The van der Waals surface area contributed by atoms with Crippen LogP contribution in [-0.2, 0) is 0 Å². The highest BCUT2D eigenvalue weighted by Gasteiger charge is 2.29. The van der Waals surface area contributed by atoms with Crippen LogP contribution in [0.5, 0.6) is 0 Å². The van der Waals surface area contributed by atoms with Crippen molar-refractivity contribution in [1.29, 1.82) is 0 Å². The summed E-state index contributed by atoms with van der Waals surface area (Å²) in [5, 5.41) is 0. The fourth-order valence-electron chi connectivity index (χ4n) is 2.21. The van der Waals surface area contributed by atoms with Crippen molar-refractivity contribution in [2.75, 3.05) is 19.6 Å². The molecule has 2 aliphatic rings. The second kappa shape index (κ2) is 3.55. The van der Waals surface area contributed by atoms with E-state index in [9.17, 15) is 0 Å². The van der Waals surface area contributed by atoms with Crippen molar-refractivity contribution in [3.8, 4) is 0 Å². The van der Waals surface area contributed by atoms with Crippen molar-refractivity contribution in [3.63, 3.8) is 0 Å². The molecule has 2 nitrogen and oxygen atoms in total. The minimum absolute atomic E-state index is 0. The number of hydrogen-bond acceptors (Lipinski definition) is 2. The first-order valence-electron chi connectivity index (χ1n) is 4.34. The Bertz CT molecular complexity index is 123. The minimum atomic E-state index is 0. The number of piperidine rings is 2. The van der Waals surface area contributed by atoms with E-state index in [1.165, 1.54) is 38.9 Å². The van der Waals surface area contributed by atoms with Gasteiger partial charge in [0.1, 0.15) is 0 Å². The maximum absolute atomic E-state index is 5.96. The molecule has 2 aliphatic heterocycles. The van der Waals surface area contributed by atoms with Crippen LogP contribution in [0.15, 0.2) is 0 Å². The van der Waals surface area contributed by atoms with Crippen LogP contribution in [0, 0.1) is 13.3 Å². The van der Waals surface area contributed by atoms with Crippen molar-refractivity contribution < 1.29 is 0 Å². The van der Waals surface area contributed by atoms with E-state index in [1.807, 2.05) is 0 Å². The van der Waals surface area contributed by atoms with Gasteiger partial charge in [0.25, 0.3) is 0 Å². The third kappa shape index (κ3) is 1.74. The average Bonchev–Trinajstić information content (AvgIpc) is 1.99. The van der Waals surface area contributed by atoms with E-state index in [0.29, 0.717) is 6.04 Å². The van der Waals surface area contributed by atoms with Crippen LogP contribution in [-0.4, -0.2) is 30.6 Å². The molecular formula is C9H18N2. The van der Waals surface area contributed by atoms with Gasteiger partial charge in [0.2, 0.25) is 0 Å². The van der Waals surface area contributed by atoms with Crippen LogP contribution in [0.4, 0.5) is 0 Å². The zero-order chi connectivity index (χ0) is 6.97. The lowest BCUT2D eigenvalue weighted by molar-refractivity contribution is 0.107. The summed E-state index contributed by atoms with van der Waals surface area (Å²) < 4.78 is 0. The maximum Gasteiger partial charge on any atom is 0.00915 e. The number of hydrogen-bond donors (Lipinski definition) is 1. The number of nitrogens with two attached hydrogens (primary N) is 1. The molecule has 3 atom stereocenters. The predicted octanol–water partition coefficient (Wildman–Crippen LogP) is 0.757. The lowest BCUT2D eigenvalue weighted by Gasteiger charge is -2.41. The van der Waals surface area contributed by atoms with Gasteiger partial charge in [-0.1, -0.05) is 7.43 Å². The van der Waals surface area contributed by atoms with E-state index >= 15 is 0 Å². The zero-order valence-corrected chi connectivity index (χ0v) is 7.13. The normalized spacial score (nSPS) is 42.8. The van der Waals surface area contributed by atoms with E-state index in [-0.39, 0.29) is 7.43 Å². The second-order valence-corrected chi connectivity index (χ2v) is 3.66. The molecule has 11 heavy (non-hydrogen) atoms. The highest BCUT2D eigenvalue weighted by molar-refractivity contribution is 4.86. The minimum Gasteiger partial charge on any atom is -0.327 e. The van der Waals surface area contributed by atoms with Gasteiger partial charge in [-0.15, -0.1) is 0 Å². The molecule has 2 bridgehead atoms. The maximum atomic E-state index is 5.96. The first-order valence-corrected chi connectivity index (χ1v) is 4.34. The molecule has 2 N–H and O–H groups in total. The molecule has 2 heteroatoms. The summed E-state index contributed by atoms with van der Waals surface area (Å²) in [6, 6.07) is 0.511. The van der Waals surface area contributed by atoms with Gasteiger partial charge in [-0.25, -0.2) is 0 Å². The van der Waals surface area contributed by atoms with Crippen molar-refractivity contribution in [1.82, 2.24) is 4.90 Å². The van der Waals surface area contributed by atoms with Crippen molar-refractivity contribution in [2.24, 2.45) is 11.7 Å². The van der Waals surface area contributed by atoms with Gasteiger partial charge < -0.3 is 10.6 Å². The average molecular weight is 154 g/mol. The molecule has 0 saturated carbocycles. The molecule has 0 spiro atoms. The first-order chi connectivity index (χ1) is 4.86. The van der Waals surface area contributed by atoms with Gasteiger partial charge >= 0.3 is 0 Å². The molecule has 64 valence electrons. The fraction of sp³-hybridized carbons (Fsp3) is 0.889. The predicted molar refractivity (Wildman–Crippen MR) is 47.1 cm³/mol. The monoisotopic (exact) mass is 154 g/mol. The van der Waals surface area contributed by atoms with Crippen molar-refractivity contribution in [2.45, 2.75) is 25.3 Å². The molecule has 0 aromatic carbocycles. The van der Waals surface area contributed by atoms with Gasteiger partial charge in [-0.3, -0.25) is 0 Å². The summed E-state index contributed by atoms with van der Waals surface area (Å²) in [4.78, 5) is 2.55. The summed E-state index contributed by atoms with van der Waals surface area (Å²) in [7, 11) is 0. The van der Waals surface area contributed by atoms with Crippen LogP contribution >= 0.6 is 0 Å². The van der Waals surface area contributed by atoms with E-state index in [1.54, 1.807) is 0 Å². The van der Waals surface area contributed by atoms with Crippen LogP contribution in [0.2, 0.25) is 0 Å². The summed E-state index contributed by atoms with van der Waals surface area (Å²) in [5.74, 6) is 0.822. The molecule has 2 fully saturated rings. The summed E-state index contributed by atoms with van der Waals surface area (Å²) in [6.07, 6.45) is 3.97. The Labute approximate surface area is 69.8 Å². The van der Waals surface area contributed by atoms with Gasteiger partial charge in [-0.05, 0) is 38.3 Å². The molecule has 2 heterocycles. The molecule has 2 radical (unpaired) electrons. The van der Waals surface area contributed by atoms with E-state index in [2.05, 4.69) is 4.90 Å². The van der Waals surface area contributed by atoms with E-state index in [4.69, 9.17) is 5.73 Å².